The van der Waals surface area contributed by atoms with E-state index in [1.807, 2.05) is 28.1 Å². The van der Waals surface area contributed by atoms with E-state index in [0.29, 0.717) is 0 Å². The van der Waals surface area contributed by atoms with Crippen LogP contribution < -0.4 is 10.6 Å². The highest BCUT2D eigenvalue weighted by Gasteiger charge is 2.14. The number of rotatable bonds is 7. The predicted octanol–water partition coefficient (Wildman–Crippen LogP) is -0.0902. The minimum atomic E-state index is 0.0992. The molecule has 4 heteroatoms. The first kappa shape index (κ1) is 13.4. The highest BCUT2D eigenvalue weighted by molar-refractivity contribution is 5.78. The third-order valence-corrected chi connectivity index (χ3v) is 2.17. The number of likely N-dealkylation sites (N-methyl/N-ethyl adjacent to an activating group) is 1. The van der Waals surface area contributed by atoms with Crippen molar-refractivity contribution in [1.29, 1.82) is 0 Å². The van der Waals surface area contributed by atoms with Gasteiger partial charge in [-0.3, -0.25) is 4.79 Å². The van der Waals surface area contributed by atoms with E-state index >= 15 is 0 Å². The lowest BCUT2D eigenvalue weighted by Gasteiger charge is -2.15. The van der Waals surface area contributed by atoms with Gasteiger partial charge < -0.3 is 15.5 Å². The summed E-state index contributed by atoms with van der Waals surface area (Å²) in [5.41, 5.74) is 0. The molecule has 0 aromatic carbocycles. The van der Waals surface area contributed by atoms with Crippen LogP contribution in [0, 0.1) is 5.92 Å². The second-order valence-electron chi connectivity index (χ2n) is 3.76. The van der Waals surface area contributed by atoms with Crippen LogP contribution in [0.4, 0.5) is 0 Å². The van der Waals surface area contributed by atoms with Gasteiger partial charge in [-0.25, -0.2) is 0 Å². The average Bonchev–Trinajstić information content (AvgIpc) is 2.13. The first-order chi connectivity index (χ1) is 6.61. The molecule has 0 spiro atoms. The number of carbonyl (C=O) groups excluding carboxylic acids is 1. The molecule has 2 N–H and O–H groups in total. The monoisotopic (exact) mass is 201 g/mol. The molecular formula is C10H23N3O. The van der Waals surface area contributed by atoms with Gasteiger partial charge in [0.15, 0.2) is 0 Å². The van der Waals surface area contributed by atoms with E-state index in [-0.39, 0.29) is 11.8 Å². The van der Waals surface area contributed by atoms with Crippen LogP contribution >= 0.6 is 0 Å². The van der Waals surface area contributed by atoms with Crippen molar-refractivity contribution in [2.45, 2.75) is 13.3 Å². The molecule has 4 nitrogen and oxygen atoms in total. The van der Waals surface area contributed by atoms with Gasteiger partial charge >= 0.3 is 0 Å². The summed E-state index contributed by atoms with van der Waals surface area (Å²) in [6, 6.07) is 0. The van der Waals surface area contributed by atoms with Crippen molar-refractivity contribution in [1.82, 2.24) is 15.5 Å². The van der Waals surface area contributed by atoms with E-state index in [2.05, 4.69) is 15.5 Å². The molecule has 0 saturated heterocycles. The van der Waals surface area contributed by atoms with E-state index in [1.54, 1.807) is 0 Å². The van der Waals surface area contributed by atoms with Crippen molar-refractivity contribution < 1.29 is 4.79 Å². The molecule has 0 aliphatic carbocycles. The molecule has 0 aliphatic rings. The number of nitrogens with zero attached hydrogens (tertiary/aromatic N) is 1. The number of hydrogen-bond acceptors (Lipinski definition) is 3. The van der Waals surface area contributed by atoms with Gasteiger partial charge in [0, 0.05) is 19.6 Å². The average molecular weight is 201 g/mol. The Morgan fingerprint density at radius 3 is 2.50 bits per heavy atom. The van der Waals surface area contributed by atoms with Crippen LogP contribution in [0.3, 0.4) is 0 Å². The number of hydrogen-bond donors (Lipinski definition) is 2. The van der Waals surface area contributed by atoms with Crippen LogP contribution in [0.2, 0.25) is 0 Å². The van der Waals surface area contributed by atoms with Gasteiger partial charge in [-0.15, -0.1) is 0 Å². The summed E-state index contributed by atoms with van der Waals surface area (Å²) in [4.78, 5) is 13.6. The van der Waals surface area contributed by atoms with E-state index in [0.717, 1.165) is 26.1 Å². The lowest BCUT2D eigenvalue weighted by atomic mass is 10.1. The summed E-state index contributed by atoms with van der Waals surface area (Å²) in [7, 11) is 5.86. The maximum atomic E-state index is 11.6. The second kappa shape index (κ2) is 7.76. The second-order valence-corrected chi connectivity index (χ2v) is 3.76. The van der Waals surface area contributed by atoms with Gasteiger partial charge in [0.25, 0.3) is 0 Å². The Hall–Kier alpha value is -0.610. The molecule has 1 unspecified atom stereocenters. The van der Waals surface area contributed by atoms with Crippen molar-refractivity contribution in [3.8, 4) is 0 Å². The summed E-state index contributed by atoms with van der Waals surface area (Å²) >= 11 is 0. The molecule has 0 heterocycles. The minimum absolute atomic E-state index is 0.0992. The highest BCUT2D eigenvalue weighted by Crippen LogP contribution is 1.99. The fourth-order valence-corrected chi connectivity index (χ4v) is 1.22. The molecular weight excluding hydrogens is 178 g/mol. The molecule has 0 saturated carbocycles. The summed E-state index contributed by atoms with van der Waals surface area (Å²) < 4.78 is 0. The van der Waals surface area contributed by atoms with E-state index in [1.165, 1.54) is 0 Å². The van der Waals surface area contributed by atoms with E-state index in [4.69, 9.17) is 0 Å². The zero-order chi connectivity index (χ0) is 11.0. The lowest BCUT2D eigenvalue weighted by Crippen LogP contribution is -2.38. The first-order valence-electron chi connectivity index (χ1n) is 5.18. The fourth-order valence-electron chi connectivity index (χ4n) is 1.22. The predicted molar refractivity (Wildman–Crippen MR) is 59.3 cm³/mol. The van der Waals surface area contributed by atoms with Crippen LogP contribution in [0.1, 0.15) is 13.3 Å². The summed E-state index contributed by atoms with van der Waals surface area (Å²) in [6.45, 7) is 4.41. The minimum Gasteiger partial charge on any atom is -0.355 e. The third-order valence-electron chi connectivity index (χ3n) is 2.17. The van der Waals surface area contributed by atoms with Gasteiger partial charge in [0.05, 0.1) is 5.92 Å². The van der Waals surface area contributed by atoms with Crippen molar-refractivity contribution >= 4 is 5.91 Å². The molecule has 0 bridgehead atoms. The van der Waals surface area contributed by atoms with Crippen molar-refractivity contribution in [3.63, 3.8) is 0 Å². The largest absolute Gasteiger partial charge is 0.355 e. The standard InChI is InChI=1S/C10H23N3O/c1-5-9(8-11-2)10(14)12-6-7-13(3)4/h9,11H,5-8H2,1-4H3,(H,12,14). The quantitative estimate of drug-likeness (QED) is 0.605. The summed E-state index contributed by atoms with van der Waals surface area (Å²) in [5.74, 6) is 0.255. The zero-order valence-corrected chi connectivity index (χ0v) is 9.76. The molecule has 1 atom stereocenters. The Labute approximate surface area is 87.0 Å². The topological polar surface area (TPSA) is 44.4 Å². The van der Waals surface area contributed by atoms with Crippen LogP contribution in [-0.4, -0.2) is 51.6 Å². The third kappa shape index (κ3) is 5.94. The SMILES string of the molecule is CCC(CNC)C(=O)NCCN(C)C. The molecule has 0 radical (unpaired) electrons. The zero-order valence-electron chi connectivity index (χ0n) is 9.76. The summed E-state index contributed by atoms with van der Waals surface area (Å²) in [5, 5.41) is 5.96. The molecule has 0 fully saturated rings. The number of amides is 1. The normalized spacial score (nSPS) is 12.9. The molecule has 0 rings (SSSR count). The van der Waals surface area contributed by atoms with E-state index in [9.17, 15) is 4.79 Å². The Balaban J connectivity index is 3.69. The van der Waals surface area contributed by atoms with Gasteiger partial charge in [-0.2, -0.15) is 0 Å². The highest BCUT2D eigenvalue weighted by atomic mass is 16.1. The van der Waals surface area contributed by atoms with Crippen LogP contribution in [0.15, 0.2) is 0 Å². The Morgan fingerprint density at radius 1 is 1.43 bits per heavy atom. The molecule has 0 aromatic heterocycles. The Morgan fingerprint density at radius 2 is 2.07 bits per heavy atom. The molecule has 1 amide bonds. The number of nitrogens with one attached hydrogen (secondary N) is 2. The fraction of sp³-hybridized carbons (Fsp3) is 0.900. The van der Waals surface area contributed by atoms with Crippen molar-refractivity contribution in [3.05, 3.63) is 0 Å². The number of carbonyl (C=O) groups is 1. The van der Waals surface area contributed by atoms with Crippen molar-refractivity contribution in [2.24, 2.45) is 5.92 Å². The molecule has 0 aromatic rings. The van der Waals surface area contributed by atoms with Gasteiger partial charge in [0.2, 0.25) is 5.91 Å². The van der Waals surface area contributed by atoms with Gasteiger partial charge in [-0.05, 0) is 27.6 Å². The maximum absolute atomic E-state index is 11.6. The Kier molecular flexibility index (Phi) is 7.42. The molecule has 84 valence electrons. The van der Waals surface area contributed by atoms with Crippen molar-refractivity contribution in [2.75, 3.05) is 40.8 Å². The maximum Gasteiger partial charge on any atom is 0.224 e. The summed E-state index contributed by atoms with van der Waals surface area (Å²) in [6.07, 6.45) is 0.884. The smallest absolute Gasteiger partial charge is 0.224 e. The van der Waals surface area contributed by atoms with Crippen LogP contribution in [-0.2, 0) is 4.79 Å². The van der Waals surface area contributed by atoms with Crippen LogP contribution in [0.25, 0.3) is 0 Å². The van der Waals surface area contributed by atoms with Gasteiger partial charge in [-0.1, -0.05) is 6.92 Å². The molecule has 0 aliphatic heterocycles. The first-order valence-corrected chi connectivity index (χ1v) is 5.18. The Bertz CT molecular complexity index is 159. The lowest BCUT2D eigenvalue weighted by molar-refractivity contribution is -0.124. The van der Waals surface area contributed by atoms with E-state index < -0.39 is 0 Å². The van der Waals surface area contributed by atoms with Crippen LogP contribution in [0.5, 0.6) is 0 Å². The molecule has 14 heavy (non-hydrogen) atoms. The van der Waals surface area contributed by atoms with Gasteiger partial charge in [0.1, 0.15) is 0 Å².